The van der Waals surface area contributed by atoms with E-state index in [2.05, 4.69) is 0 Å². The van der Waals surface area contributed by atoms with Gasteiger partial charge in [-0.25, -0.2) is 4.79 Å². The van der Waals surface area contributed by atoms with Gasteiger partial charge in [0, 0.05) is 5.71 Å². The molecule has 1 rings (SSSR count). The van der Waals surface area contributed by atoms with Crippen LogP contribution in [0.2, 0.25) is 0 Å². The predicted molar refractivity (Wildman–Crippen MR) is 79.9 cm³/mol. The van der Waals surface area contributed by atoms with Gasteiger partial charge in [-0.1, -0.05) is 6.07 Å². The molecule has 0 unspecified atom stereocenters. The van der Waals surface area contributed by atoms with Gasteiger partial charge < -0.3 is 14.9 Å². The number of rotatable bonds is 7. The Hall–Kier alpha value is -2.68. The topological polar surface area (TPSA) is 100 Å². The van der Waals surface area contributed by atoms with Gasteiger partial charge >= 0.3 is 5.97 Å². The van der Waals surface area contributed by atoms with E-state index in [9.17, 15) is 9.59 Å². The lowest BCUT2D eigenvalue weighted by molar-refractivity contribution is -0.150. The van der Waals surface area contributed by atoms with Crippen LogP contribution in [0, 0.1) is 36.5 Å². The van der Waals surface area contributed by atoms with Gasteiger partial charge in [0.2, 0.25) is 0 Å². The zero-order chi connectivity index (χ0) is 16.7. The molecule has 0 radical (unpaired) electrons. The molecule has 1 atom stereocenters. The van der Waals surface area contributed by atoms with Gasteiger partial charge in [-0.2, -0.15) is 5.26 Å². The molecule has 0 saturated carbocycles. The van der Waals surface area contributed by atoms with E-state index in [0.717, 1.165) is 11.1 Å². The van der Waals surface area contributed by atoms with Gasteiger partial charge in [-0.15, -0.1) is 0 Å². The van der Waals surface area contributed by atoms with Gasteiger partial charge in [-0.05, 0) is 44.0 Å². The van der Waals surface area contributed by atoms with Crippen LogP contribution >= 0.6 is 0 Å². The van der Waals surface area contributed by atoms with E-state index in [0.29, 0.717) is 5.75 Å². The van der Waals surface area contributed by atoms with E-state index >= 15 is 0 Å². The first-order valence-electron chi connectivity index (χ1n) is 6.68. The second-order valence-electron chi connectivity index (χ2n) is 4.91. The molecule has 0 heterocycles. The van der Waals surface area contributed by atoms with E-state index in [1.54, 1.807) is 18.2 Å². The van der Waals surface area contributed by atoms with Crippen molar-refractivity contribution < 1.29 is 19.1 Å². The molecule has 1 N–H and O–H groups in total. The van der Waals surface area contributed by atoms with Gasteiger partial charge in [0.1, 0.15) is 11.7 Å². The van der Waals surface area contributed by atoms with Crippen LogP contribution in [-0.2, 0) is 14.3 Å². The maximum absolute atomic E-state index is 11.6. The second kappa shape index (κ2) is 7.93. The first-order chi connectivity index (χ1) is 10.3. The summed E-state index contributed by atoms with van der Waals surface area (Å²) in [7, 11) is 0. The van der Waals surface area contributed by atoms with Crippen LogP contribution in [-0.4, -0.2) is 30.7 Å². The van der Waals surface area contributed by atoms with E-state index in [-0.39, 0.29) is 12.3 Å². The summed E-state index contributed by atoms with van der Waals surface area (Å²) in [6, 6.07) is 7.12. The van der Waals surface area contributed by atoms with Crippen LogP contribution in [0.15, 0.2) is 18.2 Å². The number of nitriles is 1. The van der Waals surface area contributed by atoms with Crippen LogP contribution < -0.4 is 4.74 Å². The first-order valence-corrected chi connectivity index (χ1v) is 6.68. The summed E-state index contributed by atoms with van der Waals surface area (Å²) in [6.07, 6.45) is 0. The minimum absolute atomic E-state index is 0.0741. The molecular formula is C16H18N2O4. The Labute approximate surface area is 129 Å². The molecule has 116 valence electrons. The van der Waals surface area contributed by atoms with Crippen molar-refractivity contribution in [2.45, 2.75) is 20.8 Å². The van der Waals surface area contributed by atoms with Crippen LogP contribution in [0.25, 0.3) is 0 Å². The molecule has 6 nitrogen and oxygen atoms in total. The lowest BCUT2D eigenvalue weighted by Crippen LogP contribution is -2.27. The minimum atomic E-state index is -1.17. The summed E-state index contributed by atoms with van der Waals surface area (Å²) in [5, 5.41) is 16.0. The molecule has 0 spiro atoms. The molecule has 6 heteroatoms. The quantitative estimate of drug-likeness (QED) is 0.613. The third-order valence-corrected chi connectivity index (χ3v) is 3.09. The Bertz CT molecular complexity index is 632. The molecule has 1 aromatic rings. The summed E-state index contributed by atoms with van der Waals surface area (Å²) in [6.45, 7) is 4.40. The fourth-order valence-electron chi connectivity index (χ4n) is 1.63. The molecule has 0 aliphatic rings. The molecule has 0 bridgehead atoms. The normalized spacial score (nSPS) is 11.2. The van der Waals surface area contributed by atoms with Crippen molar-refractivity contribution in [3.63, 3.8) is 0 Å². The summed E-state index contributed by atoms with van der Waals surface area (Å²) in [5.41, 5.74) is 2.08. The third-order valence-electron chi connectivity index (χ3n) is 3.09. The third kappa shape index (κ3) is 5.02. The van der Waals surface area contributed by atoms with Crippen molar-refractivity contribution in [3.05, 3.63) is 29.3 Å². The highest BCUT2D eigenvalue weighted by atomic mass is 16.6. The fourth-order valence-corrected chi connectivity index (χ4v) is 1.63. The van der Waals surface area contributed by atoms with E-state index < -0.39 is 24.3 Å². The van der Waals surface area contributed by atoms with Crippen LogP contribution in [0.3, 0.4) is 0 Å². The van der Waals surface area contributed by atoms with Crippen LogP contribution in [0.4, 0.5) is 0 Å². The SMILES string of the molecule is CC(=N)[C@H](C#N)C(=O)COC(=O)COc1ccc(C)c(C)c1. The Morgan fingerprint density at radius 2 is 1.95 bits per heavy atom. The number of Topliss-reactive ketones (excluding diaryl/α,β-unsaturated/α-hetero) is 1. The predicted octanol–water partition coefficient (Wildman–Crippen LogP) is 1.97. The number of carbonyl (C=O) groups excluding carboxylic acids is 2. The number of benzene rings is 1. The number of hydrogen-bond donors (Lipinski definition) is 1. The van der Waals surface area contributed by atoms with Crippen LogP contribution in [0.1, 0.15) is 18.1 Å². The van der Waals surface area contributed by atoms with Crippen molar-refractivity contribution in [2.24, 2.45) is 5.92 Å². The molecule has 0 aromatic heterocycles. The van der Waals surface area contributed by atoms with Gasteiger partial charge in [0.25, 0.3) is 0 Å². The van der Waals surface area contributed by atoms with Crippen molar-refractivity contribution in [1.82, 2.24) is 0 Å². The number of ketones is 1. The zero-order valence-electron chi connectivity index (χ0n) is 12.8. The number of esters is 1. The monoisotopic (exact) mass is 302 g/mol. The molecule has 0 saturated heterocycles. The average Bonchev–Trinajstić information content (AvgIpc) is 2.46. The first kappa shape index (κ1) is 17.4. The number of carbonyl (C=O) groups is 2. The summed E-state index contributed by atoms with van der Waals surface area (Å²) >= 11 is 0. The van der Waals surface area contributed by atoms with E-state index in [1.165, 1.54) is 6.92 Å². The molecule has 0 amide bonds. The van der Waals surface area contributed by atoms with E-state index in [4.69, 9.17) is 20.1 Å². The number of hydrogen-bond acceptors (Lipinski definition) is 6. The standard InChI is InChI=1S/C16H18N2O4/c1-10-4-5-13(6-11(10)2)21-9-16(20)22-8-15(19)14(7-17)12(3)18/h4-6,14,18H,8-9H2,1-3H3/t14-/m0/s1. The molecule has 1 aromatic carbocycles. The average molecular weight is 302 g/mol. The highest BCUT2D eigenvalue weighted by Crippen LogP contribution is 2.16. The number of aryl methyl sites for hydroxylation is 2. The Balaban J connectivity index is 2.44. The summed E-state index contributed by atoms with van der Waals surface area (Å²) in [4.78, 5) is 23.1. The lowest BCUT2D eigenvalue weighted by Gasteiger charge is -2.09. The zero-order valence-corrected chi connectivity index (χ0v) is 12.8. The maximum Gasteiger partial charge on any atom is 0.344 e. The summed E-state index contributed by atoms with van der Waals surface area (Å²) in [5.74, 6) is -1.95. The van der Waals surface area contributed by atoms with E-state index in [1.807, 2.05) is 19.9 Å². The minimum Gasteiger partial charge on any atom is -0.482 e. The molecule has 0 aliphatic carbocycles. The Kier molecular flexibility index (Phi) is 6.26. The van der Waals surface area contributed by atoms with Crippen molar-refractivity contribution in [2.75, 3.05) is 13.2 Å². The van der Waals surface area contributed by atoms with Crippen molar-refractivity contribution >= 4 is 17.5 Å². The number of ether oxygens (including phenoxy) is 2. The van der Waals surface area contributed by atoms with Crippen molar-refractivity contribution in [3.8, 4) is 11.8 Å². The molecule has 0 fully saturated rings. The van der Waals surface area contributed by atoms with Gasteiger partial charge in [0.15, 0.2) is 19.0 Å². The highest BCUT2D eigenvalue weighted by Gasteiger charge is 2.21. The Morgan fingerprint density at radius 3 is 2.50 bits per heavy atom. The fraction of sp³-hybridized carbons (Fsp3) is 0.375. The summed E-state index contributed by atoms with van der Waals surface area (Å²) < 4.78 is 10.0. The number of nitrogens with zero attached hydrogens (tertiary/aromatic N) is 1. The lowest BCUT2D eigenvalue weighted by atomic mass is 10.0. The number of nitrogens with one attached hydrogen (secondary N) is 1. The largest absolute Gasteiger partial charge is 0.482 e. The second-order valence-corrected chi connectivity index (χ2v) is 4.91. The van der Waals surface area contributed by atoms with Crippen molar-refractivity contribution in [1.29, 1.82) is 10.7 Å². The molecule has 22 heavy (non-hydrogen) atoms. The Morgan fingerprint density at radius 1 is 1.27 bits per heavy atom. The van der Waals surface area contributed by atoms with Gasteiger partial charge in [-0.3, -0.25) is 4.79 Å². The highest BCUT2D eigenvalue weighted by molar-refractivity contribution is 6.06. The molecule has 0 aliphatic heterocycles. The molecular weight excluding hydrogens is 284 g/mol. The van der Waals surface area contributed by atoms with Gasteiger partial charge in [0.05, 0.1) is 6.07 Å². The van der Waals surface area contributed by atoms with Crippen LogP contribution in [0.5, 0.6) is 5.75 Å². The smallest absolute Gasteiger partial charge is 0.344 e. The maximum atomic E-state index is 11.6.